The molecule has 7 heteroatoms. The molecule has 20 heavy (non-hydrogen) atoms. The Morgan fingerprint density at radius 1 is 1.20 bits per heavy atom. The van der Waals surface area contributed by atoms with Gasteiger partial charge in [0.1, 0.15) is 17.1 Å². The second-order valence-electron chi connectivity index (χ2n) is 3.98. The molecule has 0 unspecified atom stereocenters. The number of nitrogens with two attached hydrogens (primary N) is 1. The lowest BCUT2D eigenvalue weighted by atomic mass is 10.1. The fourth-order valence-electron chi connectivity index (χ4n) is 1.93. The first-order valence-electron chi connectivity index (χ1n) is 6.01. The summed E-state index contributed by atoms with van der Waals surface area (Å²) in [5.41, 5.74) is 6.97. The molecule has 108 valence electrons. The van der Waals surface area contributed by atoms with E-state index in [2.05, 4.69) is 10.1 Å². The normalized spacial score (nSPS) is 10.6. The number of rotatable bonds is 6. The minimum absolute atomic E-state index is 0.176. The van der Waals surface area contributed by atoms with Crippen molar-refractivity contribution < 1.29 is 18.7 Å². The van der Waals surface area contributed by atoms with Gasteiger partial charge in [0.15, 0.2) is 0 Å². The van der Waals surface area contributed by atoms with E-state index in [1.165, 1.54) is 0 Å². The standard InChI is InChI=1S/C13H17N3O4/c1-17-7-8-4-5-9(18-2)11(12(8)19-3)13-15-10(6-14)20-16-13/h4-5H,6-7,14H2,1-3H3. The summed E-state index contributed by atoms with van der Waals surface area (Å²) < 4.78 is 21.0. The van der Waals surface area contributed by atoms with Crippen LogP contribution in [0.25, 0.3) is 11.4 Å². The van der Waals surface area contributed by atoms with Crippen molar-refractivity contribution >= 4 is 0 Å². The topological polar surface area (TPSA) is 92.6 Å². The summed E-state index contributed by atoms with van der Waals surface area (Å²) in [5.74, 6) is 1.90. The lowest BCUT2D eigenvalue weighted by molar-refractivity contribution is 0.181. The average molecular weight is 279 g/mol. The van der Waals surface area contributed by atoms with Crippen LogP contribution >= 0.6 is 0 Å². The molecule has 0 aliphatic heterocycles. The van der Waals surface area contributed by atoms with Crippen LogP contribution in [0.2, 0.25) is 0 Å². The fraction of sp³-hybridized carbons (Fsp3) is 0.385. The number of nitrogens with zero attached hydrogens (tertiary/aromatic N) is 2. The Labute approximate surface area is 116 Å². The van der Waals surface area contributed by atoms with Crippen LogP contribution in [0, 0.1) is 0 Å². The van der Waals surface area contributed by atoms with Gasteiger partial charge in [-0.1, -0.05) is 5.16 Å². The number of ether oxygens (including phenoxy) is 3. The van der Waals surface area contributed by atoms with E-state index in [9.17, 15) is 0 Å². The molecule has 0 fully saturated rings. The van der Waals surface area contributed by atoms with Crippen LogP contribution in [-0.2, 0) is 17.9 Å². The van der Waals surface area contributed by atoms with Crippen molar-refractivity contribution in [1.29, 1.82) is 0 Å². The molecular weight excluding hydrogens is 262 g/mol. The summed E-state index contributed by atoms with van der Waals surface area (Å²) in [7, 11) is 4.75. The molecule has 2 aromatic rings. The molecule has 1 aromatic carbocycles. The quantitative estimate of drug-likeness (QED) is 0.853. The van der Waals surface area contributed by atoms with Gasteiger partial charge in [0.2, 0.25) is 11.7 Å². The molecule has 0 aliphatic rings. The van der Waals surface area contributed by atoms with Gasteiger partial charge in [-0.15, -0.1) is 0 Å². The largest absolute Gasteiger partial charge is 0.496 e. The van der Waals surface area contributed by atoms with E-state index in [1.807, 2.05) is 12.1 Å². The maximum absolute atomic E-state index is 5.48. The molecule has 0 amide bonds. The highest BCUT2D eigenvalue weighted by atomic mass is 16.5. The summed E-state index contributed by atoms with van der Waals surface area (Å²) in [6.45, 7) is 0.581. The first-order valence-corrected chi connectivity index (χ1v) is 6.01. The Morgan fingerprint density at radius 3 is 2.55 bits per heavy atom. The van der Waals surface area contributed by atoms with E-state index in [0.717, 1.165) is 5.56 Å². The maximum Gasteiger partial charge on any atom is 0.240 e. The molecule has 0 saturated heterocycles. The van der Waals surface area contributed by atoms with Gasteiger partial charge in [-0.05, 0) is 12.1 Å². The molecule has 0 bridgehead atoms. The molecule has 1 aromatic heterocycles. The van der Waals surface area contributed by atoms with E-state index >= 15 is 0 Å². The van der Waals surface area contributed by atoms with Crippen LogP contribution in [0.15, 0.2) is 16.7 Å². The lowest BCUT2D eigenvalue weighted by Gasteiger charge is -2.14. The molecule has 0 spiro atoms. The Balaban J connectivity index is 2.60. The number of benzene rings is 1. The Bertz CT molecular complexity index is 583. The Hall–Kier alpha value is -2.12. The summed E-state index contributed by atoms with van der Waals surface area (Å²) in [6.07, 6.45) is 0. The first kappa shape index (κ1) is 14.3. The van der Waals surface area contributed by atoms with Crippen molar-refractivity contribution in [2.75, 3.05) is 21.3 Å². The molecule has 0 saturated carbocycles. The first-order chi connectivity index (χ1) is 9.74. The molecule has 7 nitrogen and oxygen atoms in total. The smallest absolute Gasteiger partial charge is 0.240 e. The molecule has 0 aliphatic carbocycles. The van der Waals surface area contributed by atoms with Crippen molar-refractivity contribution in [2.24, 2.45) is 5.73 Å². The van der Waals surface area contributed by atoms with Crippen molar-refractivity contribution in [3.63, 3.8) is 0 Å². The van der Waals surface area contributed by atoms with Crippen LogP contribution in [0.5, 0.6) is 11.5 Å². The summed E-state index contributed by atoms with van der Waals surface area (Å²) in [4.78, 5) is 4.21. The van der Waals surface area contributed by atoms with E-state index in [0.29, 0.717) is 35.4 Å². The van der Waals surface area contributed by atoms with E-state index in [1.54, 1.807) is 21.3 Å². The highest BCUT2D eigenvalue weighted by molar-refractivity contribution is 5.73. The predicted molar refractivity (Wildman–Crippen MR) is 71.4 cm³/mol. The second kappa shape index (κ2) is 6.36. The van der Waals surface area contributed by atoms with Gasteiger partial charge < -0.3 is 24.5 Å². The lowest BCUT2D eigenvalue weighted by Crippen LogP contribution is -2.00. The highest BCUT2D eigenvalue weighted by Crippen LogP contribution is 2.39. The van der Waals surface area contributed by atoms with Crippen LogP contribution in [-0.4, -0.2) is 31.5 Å². The zero-order chi connectivity index (χ0) is 14.5. The van der Waals surface area contributed by atoms with Gasteiger partial charge in [-0.2, -0.15) is 4.98 Å². The third-order valence-corrected chi connectivity index (χ3v) is 2.79. The van der Waals surface area contributed by atoms with Gasteiger partial charge in [0, 0.05) is 12.7 Å². The third kappa shape index (κ3) is 2.59. The third-order valence-electron chi connectivity index (χ3n) is 2.79. The van der Waals surface area contributed by atoms with Crippen molar-refractivity contribution in [1.82, 2.24) is 10.1 Å². The number of methoxy groups -OCH3 is 3. The second-order valence-corrected chi connectivity index (χ2v) is 3.98. The molecule has 1 heterocycles. The van der Waals surface area contributed by atoms with Gasteiger partial charge in [0.05, 0.1) is 27.4 Å². The van der Waals surface area contributed by atoms with Crippen LogP contribution in [0.1, 0.15) is 11.5 Å². The monoisotopic (exact) mass is 279 g/mol. The highest BCUT2D eigenvalue weighted by Gasteiger charge is 2.21. The Kier molecular flexibility index (Phi) is 4.54. The van der Waals surface area contributed by atoms with E-state index < -0.39 is 0 Å². The van der Waals surface area contributed by atoms with Gasteiger partial charge in [-0.3, -0.25) is 0 Å². The van der Waals surface area contributed by atoms with E-state index in [4.69, 9.17) is 24.5 Å². The summed E-state index contributed by atoms with van der Waals surface area (Å²) in [6, 6.07) is 3.68. The van der Waals surface area contributed by atoms with Crippen molar-refractivity contribution in [3.8, 4) is 22.9 Å². The number of aromatic nitrogens is 2. The SMILES string of the molecule is COCc1ccc(OC)c(-c2noc(CN)n2)c1OC. The van der Waals surface area contributed by atoms with Crippen molar-refractivity contribution in [3.05, 3.63) is 23.6 Å². The minimum atomic E-state index is 0.176. The molecule has 0 radical (unpaired) electrons. The fourth-order valence-corrected chi connectivity index (χ4v) is 1.93. The molecule has 2 rings (SSSR count). The van der Waals surface area contributed by atoms with E-state index in [-0.39, 0.29) is 6.54 Å². The van der Waals surface area contributed by atoms with Gasteiger partial charge in [-0.25, -0.2) is 0 Å². The van der Waals surface area contributed by atoms with Crippen LogP contribution in [0.3, 0.4) is 0 Å². The average Bonchev–Trinajstić information content (AvgIpc) is 2.95. The summed E-state index contributed by atoms with van der Waals surface area (Å²) >= 11 is 0. The number of hydrogen-bond acceptors (Lipinski definition) is 7. The predicted octanol–water partition coefficient (Wildman–Crippen LogP) is 1.36. The summed E-state index contributed by atoms with van der Waals surface area (Å²) in [5, 5.41) is 3.91. The van der Waals surface area contributed by atoms with Crippen LogP contribution < -0.4 is 15.2 Å². The zero-order valence-corrected chi connectivity index (χ0v) is 11.7. The molecular formula is C13H17N3O4. The Morgan fingerprint density at radius 2 is 2.00 bits per heavy atom. The maximum atomic E-state index is 5.48. The van der Waals surface area contributed by atoms with Gasteiger partial charge in [0.25, 0.3) is 0 Å². The van der Waals surface area contributed by atoms with Gasteiger partial charge >= 0.3 is 0 Å². The van der Waals surface area contributed by atoms with Crippen molar-refractivity contribution in [2.45, 2.75) is 13.2 Å². The minimum Gasteiger partial charge on any atom is -0.496 e. The number of hydrogen-bond donors (Lipinski definition) is 1. The molecule has 0 atom stereocenters. The zero-order valence-electron chi connectivity index (χ0n) is 11.7. The van der Waals surface area contributed by atoms with Crippen LogP contribution in [0.4, 0.5) is 0 Å². The molecule has 2 N–H and O–H groups in total.